The molecule has 1 unspecified atom stereocenters. The first-order chi connectivity index (χ1) is 8.66. The summed E-state index contributed by atoms with van der Waals surface area (Å²) in [7, 11) is 0. The lowest BCUT2D eigenvalue weighted by atomic mass is 9.82. The molecule has 0 radical (unpaired) electrons. The Bertz CT molecular complexity index is 213. The number of likely N-dealkylation sites (tertiary alicyclic amines) is 1. The molecule has 2 heteroatoms. The van der Waals surface area contributed by atoms with Gasteiger partial charge in [0.05, 0.1) is 6.67 Å². The summed E-state index contributed by atoms with van der Waals surface area (Å²) in [5.41, 5.74) is 0.343. The van der Waals surface area contributed by atoms with Gasteiger partial charge in [0.15, 0.2) is 0 Å². The molecular formula is C16H32FN. The lowest BCUT2D eigenvalue weighted by molar-refractivity contribution is -0.0264. The fourth-order valence-electron chi connectivity index (χ4n) is 3.04. The molecule has 18 heavy (non-hydrogen) atoms. The molecule has 1 saturated heterocycles. The Hall–Kier alpha value is -0.110. The lowest BCUT2D eigenvalue weighted by Gasteiger charge is -2.51. The van der Waals surface area contributed by atoms with Crippen LogP contribution in [0.1, 0.15) is 72.1 Å². The normalized spacial score (nSPS) is 20.7. The third-order valence-corrected chi connectivity index (χ3v) is 4.58. The zero-order chi connectivity index (χ0) is 13.4. The Morgan fingerprint density at radius 2 is 1.61 bits per heavy atom. The van der Waals surface area contributed by atoms with E-state index in [0.29, 0.717) is 11.5 Å². The van der Waals surface area contributed by atoms with Crippen LogP contribution < -0.4 is 0 Å². The summed E-state index contributed by atoms with van der Waals surface area (Å²) in [4.78, 5) is 2.54. The van der Waals surface area contributed by atoms with E-state index in [9.17, 15) is 4.39 Å². The second kappa shape index (κ2) is 8.14. The molecule has 0 saturated carbocycles. The molecule has 1 nitrogen and oxygen atoms in total. The average Bonchev–Trinajstić information content (AvgIpc) is 2.31. The summed E-state index contributed by atoms with van der Waals surface area (Å²) in [6.07, 6.45) is 10.5. The third-order valence-electron chi connectivity index (χ3n) is 4.58. The minimum Gasteiger partial charge on any atom is -0.297 e. The van der Waals surface area contributed by atoms with Crippen molar-refractivity contribution in [3.63, 3.8) is 0 Å². The second-order valence-corrected chi connectivity index (χ2v) is 6.34. The summed E-state index contributed by atoms with van der Waals surface area (Å²) in [5, 5.41) is 0. The van der Waals surface area contributed by atoms with Crippen LogP contribution in [0.3, 0.4) is 0 Å². The summed E-state index contributed by atoms with van der Waals surface area (Å²) in [6, 6.07) is 0. The quantitative estimate of drug-likeness (QED) is 0.508. The maximum Gasteiger partial charge on any atom is 0.0947 e. The van der Waals surface area contributed by atoms with Crippen molar-refractivity contribution in [3.8, 4) is 0 Å². The molecule has 0 N–H and O–H groups in total. The van der Waals surface area contributed by atoms with Gasteiger partial charge in [0.1, 0.15) is 0 Å². The van der Waals surface area contributed by atoms with Gasteiger partial charge in [-0.15, -0.1) is 0 Å². The van der Waals surface area contributed by atoms with E-state index in [4.69, 9.17) is 0 Å². The second-order valence-electron chi connectivity index (χ2n) is 6.34. The van der Waals surface area contributed by atoms with Gasteiger partial charge in [0, 0.05) is 24.5 Å². The molecule has 1 aliphatic heterocycles. The van der Waals surface area contributed by atoms with Crippen LogP contribution in [0.25, 0.3) is 0 Å². The smallest absolute Gasteiger partial charge is 0.0947 e. The molecule has 108 valence electrons. The Balaban J connectivity index is 2.37. The Labute approximate surface area is 113 Å². The van der Waals surface area contributed by atoms with E-state index < -0.39 is 0 Å². The van der Waals surface area contributed by atoms with Crippen LogP contribution in [0.2, 0.25) is 0 Å². The highest BCUT2D eigenvalue weighted by atomic mass is 19.1. The molecule has 0 amide bonds. The first-order valence-corrected chi connectivity index (χ1v) is 7.97. The largest absolute Gasteiger partial charge is 0.297 e. The van der Waals surface area contributed by atoms with E-state index in [0.717, 1.165) is 13.1 Å². The number of unbranched alkanes of at least 4 members (excludes halogenated alkanes) is 4. The van der Waals surface area contributed by atoms with Crippen molar-refractivity contribution < 1.29 is 4.39 Å². The van der Waals surface area contributed by atoms with Gasteiger partial charge in [0.2, 0.25) is 0 Å². The van der Waals surface area contributed by atoms with Gasteiger partial charge >= 0.3 is 0 Å². The van der Waals surface area contributed by atoms with Gasteiger partial charge in [-0.25, -0.2) is 0 Å². The number of halogens is 1. The van der Waals surface area contributed by atoms with Crippen LogP contribution in [0.5, 0.6) is 0 Å². The Kier molecular flexibility index (Phi) is 7.21. The molecule has 1 rings (SSSR count). The minimum atomic E-state index is -0.129. The van der Waals surface area contributed by atoms with Gasteiger partial charge in [-0.3, -0.25) is 9.29 Å². The highest BCUT2D eigenvalue weighted by Gasteiger charge is 2.39. The standard InChI is InChI=1S/C16H32FN/c1-4-6-8-9-11-16(3,10-7-5-2)18-13-15(12-17)14-18/h15H,4-14H2,1-3H3. The van der Waals surface area contributed by atoms with Gasteiger partial charge < -0.3 is 0 Å². The third kappa shape index (κ3) is 4.53. The summed E-state index contributed by atoms with van der Waals surface area (Å²) >= 11 is 0. The maximum atomic E-state index is 12.6. The van der Waals surface area contributed by atoms with Crippen LogP contribution in [0, 0.1) is 5.92 Å². The van der Waals surface area contributed by atoms with Crippen LogP contribution in [-0.4, -0.2) is 30.2 Å². The van der Waals surface area contributed by atoms with Crippen LogP contribution in [0.15, 0.2) is 0 Å². The fraction of sp³-hybridized carbons (Fsp3) is 1.00. The van der Waals surface area contributed by atoms with Crippen LogP contribution >= 0.6 is 0 Å². The highest BCUT2D eigenvalue weighted by molar-refractivity contribution is 4.94. The van der Waals surface area contributed by atoms with Crippen molar-refractivity contribution in [1.82, 2.24) is 4.90 Å². The molecule has 0 aromatic carbocycles. The van der Waals surface area contributed by atoms with Crippen molar-refractivity contribution in [2.45, 2.75) is 77.7 Å². The van der Waals surface area contributed by atoms with E-state index >= 15 is 0 Å². The number of rotatable bonds is 10. The molecule has 1 aliphatic rings. The first kappa shape index (κ1) is 15.9. The molecule has 1 fully saturated rings. The SMILES string of the molecule is CCCCCCC(C)(CCCC)N1CC(CF)C1. The van der Waals surface area contributed by atoms with Crippen molar-refractivity contribution >= 4 is 0 Å². The zero-order valence-electron chi connectivity index (χ0n) is 12.7. The van der Waals surface area contributed by atoms with Crippen LogP contribution in [-0.2, 0) is 0 Å². The Morgan fingerprint density at radius 3 is 2.17 bits per heavy atom. The predicted molar refractivity (Wildman–Crippen MR) is 77.7 cm³/mol. The molecule has 0 spiro atoms. The Morgan fingerprint density at radius 1 is 1.00 bits per heavy atom. The van der Waals surface area contributed by atoms with E-state index in [1.54, 1.807) is 0 Å². The number of nitrogens with zero attached hydrogens (tertiary/aromatic N) is 1. The van der Waals surface area contributed by atoms with Gasteiger partial charge in [-0.05, 0) is 19.8 Å². The predicted octanol–water partition coefficient (Wildman–Crippen LogP) is 4.81. The lowest BCUT2D eigenvalue weighted by Crippen LogP contribution is -2.59. The highest BCUT2D eigenvalue weighted by Crippen LogP contribution is 2.34. The summed E-state index contributed by atoms with van der Waals surface area (Å²) < 4.78 is 12.6. The maximum absolute atomic E-state index is 12.6. The molecular weight excluding hydrogens is 225 g/mol. The zero-order valence-corrected chi connectivity index (χ0v) is 12.7. The molecule has 0 aromatic rings. The van der Waals surface area contributed by atoms with E-state index in [2.05, 4.69) is 25.7 Å². The van der Waals surface area contributed by atoms with Crippen molar-refractivity contribution in [2.24, 2.45) is 5.92 Å². The van der Waals surface area contributed by atoms with Gasteiger partial charge in [0.25, 0.3) is 0 Å². The van der Waals surface area contributed by atoms with Crippen molar-refractivity contribution in [2.75, 3.05) is 19.8 Å². The topological polar surface area (TPSA) is 3.24 Å². The van der Waals surface area contributed by atoms with Gasteiger partial charge in [-0.2, -0.15) is 0 Å². The molecule has 1 heterocycles. The van der Waals surface area contributed by atoms with E-state index in [-0.39, 0.29) is 6.67 Å². The summed E-state index contributed by atoms with van der Waals surface area (Å²) in [6.45, 7) is 8.78. The number of alkyl halides is 1. The van der Waals surface area contributed by atoms with Crippen molar-refractivity contribution in [3.05, 3.63) is 0 Å². The van der Waals surface area contributed by atoms with Crippen LogP contribution in [0.4, 0.5) is 4.39 Å². The van der Waals surface area contributed by atoms with E-state index in [1.807, 2.05) is 0 Å². The average molecular weight is 257 g/mol. The number of hydrogen-bond donors (Lipinski definition) is 0. The van der Waals surface area contributed by atoms with Crippen molar-refractivity contribution in [1.29, 1.82) is 0 Å². The molecule has 0 aliphatic carbocycles. The minimum absolute atomic E-state index is 0.129. The molecule has 0 bridgehead atoms. The fourth-order valence-corrected chi connectivity index (χ4v) is 3.04. The van der Waals surface area contributed by atoms with Gasteiger partial charge in [-0.1, -0.05) is 52.4 Å². The van der Waals surface area contributed by atoms with E-state index in [1.165, 1.54) is 51.4 Å². The molecule has 0 aromatic heterocycles. The molecule has 1 atom stereocenters. The number of hydrogen-bond acceptors (Lipinski definition) is 1. The monoisotopic (exact) mass is 257 g/mol. The summed E-state index contributed by atoms with van der Waals surface area (Å²) in [5.74, 6) is 0.321. The first-order valence-electron chi connectivity index (χ1n) is 7.97.